The molecule has 0 bridgehead atoms. The Labute approximate surface area is 127 Å². The third kappa shape index (κ3) is 2.37. The Morgan fingerprint density at radius 3 is 3.14 bits per heavy atom. The number of thiazole rings is 1. The number of nitrogens with zero attached hydrogens (tertiary/aromatic N) is 2. The molecule has 1 N–H and O–H groups in total. The van der Waals surface area contributed by atoms with Crippen LogP contribution in [0.1, 0.15) is 28.4 Å². The van der Waals surface area contributed by atoms with Crippen molar-refractivity contribution in [2.45, 2.75) is 25.7 Å². The number of nitrogens with one attached hydrogen (secondary N) is 1. The van der Waals surface area contributed by atoms with E-state index in [2.05, 4.69) is 50.7 Å². The van der Waals surface area contributed by atoms with Crippen molar-refractivity contribution in [1.82, 2.24) is 14.7 Å². The highest BCUT2D eigenvalue weighted by atomic mass is 32.1. The second kappa shape index (κ2) is 5.26. The van der Waals surface area contributed by atoms with Crippen molar-refractivity contribution in [3.8, 4) is 0 Å². The van der Waals surface area contributed by atoms with Gasteiger partial charge in [0.05, 0.1) is 18.9 Å². The minimum absolute atomic E-state index is 0.278. The van der Waals surface area contributed by atoms with Crippen molar-refractivity contribution in [3.63, 3.8) is 0 Å². The summed E-state index contributed by atoms with van der Waals surface area (Å²) in [5.74, 6) is 0. The number of benzene rings is 1. The molecule has 0 saturated heterocycles. The Morgan fingerprint density at radius 1 is 1.38 bits per heavy atom. The number of likely N-dealkylation sites (N-methyl/N-ethyl adjacent to an activating group) is 1. The minimum Gasteiger partial charge on any atom is -0.372 e. The Bertz CT molecular complexity index is 748. The minimum atomic E-state index is 0.278. The van der Waals surface area contributed by atoms with Gasteiger partial charge in [0.2, 0.25) is 0 Å². The molecule has 1 unspecified atom stereocenters. The summed E-state index contributed by atoms with van der Waals surface area (Å²) in [6, 6.07) is 6.93. The highest BCUT2D eigenvalue weighted by molar-refractivity contribution is 7.15. The van der Waals surface area contributed by atoms with E-state index >= 15 is 0 Å². The maximum Gasteiger partial charge on any atom is 0.193 e. The van der Waals surface area contributed by atoms with Crippen LogP contribution in [0, 0.1) is 0 Å². The van der Waals surface area contributed by atoms with Crippen molar-refractivity contribution < 1.29 is 4.74 Å². The van der Waals surface area contributed by atoms with E-state index in [0.29, 0.717) is 0 Å². The summed E-state index contributed by atoms with van der Waals surface area (Å²) in [4.78, 5) is 5.73. The third-order valence-electron chi connectivity index (χ3n) is 4.05. The largest absolute Gasteiger partial charge is 0.372 e. The number of ether oxygens (including phenoxy) is 1. The highest BCUT2D eigenvalue weighted by Crippen LogP contribution is 2.26. The zero-order valence-electron chi connectivity index (χ0n) is 11.9. The molecule has 3 heterocycles. The second-order valence-electron chi connectivity index (χ2n) is 5.39. The Morgan fingerprint density at radius 2 is 2.29 bits per heavy atom. The molecule has 0 saturated carbocycles. The molecule has 0 amide bonds. The number of hydrogen-bond donors (Lipinski definition) is 1. The lowest BCUT2D eigenvalue weighted by atomic mass is 9.98. The molecule has 3 aromatic rings. The highest BCUT2D eigenvalue weighted by Gasteiger charge is 2.17. The lowest BCUT2D eigenvalue weighted by Crippen LogP contribution is -2.19. The van der Waals surface area contributed by atoms with Gasteiger partial charge in [-0.1, -0.05) is 18.2 Å². The first-order valence-electron chi connectivity index (χ1n) is 7.11. The van der Waals surface area contributed by atoms with Crippen molar-refractivity contribution in [1.29, 1.82) is 0 Å². The number of aromatic nitrogens is 2. The van der Waals surface area contributed by atoms with E-state index < -0.39 is 0 Å². The van der Waals surface area contributed by atoms with Crippen LogP contribution in [0.25, 0.3) is 4.96 Å². The maximum atomic E-state index is 5.50. The lowest BCUT2D eigenvalue weighted by Gasteiger charge is -2.16. The molecular weight excluding hydrogens is 282 g/mol. The molecule has 1 aromatic carbocycles. The van der Waals surface area contributed by atoms with Crippen molar-refractivity contribution in [3.05, 3.63) is 58.4 Å². The van der Waals surface area contributed by atoms with Gasteiger partial charge in [0.15, 0.2) is 4.96 Å². The molecule has 0 fully saturated rings. The molecule has 4 rings (SSSR count). The van der Waals surface area contributed by atoms with Gasteiger partial charge < -0.3 is 10.1 Å². The molecule has 0 spiro atoms. The van der Waals surface area contributed by atoms with Crippen LogP contribution in [0.5, 0.6) is 0 Å². The zero-order valence-corrected chi connectivity index (χ0v) is 12.7. The Balaban J connectivity index is 1.60. The number of fused-ring (bicyclic) bond motifs is 2. The van der Waals surface area contributed by atoms with Gasteiger partial charge in [-0.15, -0.1) is 11.3 Å². The summed E-state index contributed by atoms with van der Waals surface area (Å²) in [5, 5.41) is 5.47. The maximum absolute atomic E-state index is 5.50. The van der Waals surface area contributed by atoms with Gasteiger partial charge in [0.25, 0.3) is 0 Å². The van der Waals surface area contributed by atoms with Gasteiger partial charge in [-0.2, -0.15) is 0 Å². The Kier molecular flexibility index (Phi) is 3.25. The molecule has 1 aliphatic rings. The molecule has 108 valence electrons. The average molecular weight is 299 g/mol. The summed E-state index contributed by atoms with van der Waals surface area (Å²) < 4.78 is 7.58. The van der Waals surface area contributed by atoms with E-state index in [9.17, 15) is 0 Å². The summed E-state index contributed by atoms with van der Waals surface area (Å²) in [6.45, 7) is 1.48. The van der Waals surface area contributed by atoms with Gasteiger partial charge in [0, 0.05) is 30.2 Å². The number of rotatable bonds is 4. The average Bonchev–Trinajstić information content (AvgIpc) is 3.18. The molecule has 1 aliphatic heterocycles. The molecule has 4 nitrogen and oxygen atoms in total. The topological polar surface area (TPSA) is 38.6 Å². The van der Waals surface area contributed by atoms with Gasteiger partial charge in [0.1, 0.15) is 0 Å². The first-order chi connectivity index (χ1) is 10.3. The summed E-state index contributed by atoms with van der Waals surface area (Å²) >= 11 is 1.67. The fraction of sp³-hybridized carbons (Fsp3) is 0.312. The van der Waals surface area contributed by atoms with Crippen LogP contribution in [0.3, 0.4) is 0 Å². The van der Waals surface area contributed by atoms with E-state index in [-0.39, 0.29) is 6.04 Å². The smallest absolute Gasteiger partial charge is 0.193 e. The molecular formula is C16H17N3OS. The van der Waals surface area contributed by atoms with Crippen molar-refractivity contribution in [2.75, 3.05) is 7.05 Å². The van der Waals surface area contributed by atoms with Crippen LogP contribution in [0.15, 0.2) is 36.0 Å². The van der Waals surface area contributed by atoms with E-state index in [1.165, 1.54) is 16.7 Å². The predicted molar refractivity (Wildman–Crippen MR) is 83.5 cm³/mol. The fourth-order valence-corrected chi connectivity index (χ4v) is 3.60. The summed E-state index contributed by atoms with van der Waals surface area (Å²) in [7, 11) is 2.01. The van der Waals surface area contributed by atoms with Crippen LogP contribution in [0.4, 0.5) is 0 Å². The van der Waals surface area contributed by atoms with E-state index in [1.54, 1.807) is 11.3 Å². The quantitative estimate of drug-likeness (QED) is 0.805. The standard InChI is InChI=1S/C16H17N3OS/c1-17-15(7-14-8-19-4-5-21-16(19)18-14)11-2-3-12-9-20-10-13(12)6-11/h2-6,8,15,17H,7,9-10H2,1H3. The summed E-state index contributed by atoms with van der Waals surface area (Å²) in [6.07, 6.45) is 5.06. The molecule has 2 aromatic heterocycles. The molecule has 21 heavy (non-hydrogen) atoms. The fourth-order valence-electron chi connectivity index (χ4n) is 2.88. The zero-order chi connectivity index (χ0) is 14.2. The van der Waals surface area contributed by atoms with E-state index in [4.69, 9.17) is 4.74 Å². The van der Waals surface area contributed by atoms with Crippen LogP contribution in [0.2, 0.25) is 0 Å². The monoisotopic (exact) mass is 299 g/mol. The van der Waals surface area contributed by atoms with Crippen LogP contribution >= 0.6 is 11.3 Å². The lowest BCUT2D eigenvalue weighted by molar-refractivity contribution is 0.134. The Hall–Kier alpha value is -1.69. The first-order valence-corrected chi connectivity index (χ1v) is 7.99. The van der Waals surface area contributed by atoms with E-state index in [1.807, 2.05) is 7.05 Å². The molecule has 1 atom stereocenters. The summed E-state index contributed by atoms with van der Waals surface area (Å²) in [5.41, 5.74) is 5.06. The van der Waals surface area contributed by atoms with E-state index in [0.717, 1.165) is 30.3 Å². The molecule has 0 radical (unpaired) electrons. The normalized spacial score (nSPS) is 15.5. The second-order valence-corrected chi connectivity index (χ2v) is 6.26. The van der Waals surface area contributed by atoms with Crippen LogP contribution in [-0.4, -0.2) is 16.4 Å². The van der Waals surface area contributed by atoms with Crippen molar-refractivity contribution >= 4 is 16.3 Å². The molecule has 5 heteroatoms. The van der Waals surface area contributed by atoms with Crippen molar-refractivity contribution in [2.24, 2.45) is 0 Å². The predicted octanol–water partition coefficient (Wildman–Crippen LogP) is 2.93. The van der Waals surface area contributed by atoms with Crippen LogP contribution in [-0.2, 0) is 24.4 Å². The van der Waals surface area contributed by atoms with Crippen LogP contribution < -0.4 is 5.32 Å². The van der Waals surface area contributed by atoms with Gasteiger partial charge >= 0.3 is 0 Å². The number of hydrogen-bond acceptors (Lipinski definition) is 4. The first kappa shape index (κ1) is 13.0. The SMILES string of the molecule is CNC(Cc1cn2ccsc2n1)c1ccc2c(c1)COC2. The van der Waals surface area contributed by atoms with Gasteiger partial charge in [-0.05, 0) is 23.7 Å². The molecule has 0 aliphatic carbocycles. The van der Waals surface area contributed by atoms with Gasteiger partial charge in [-0.3, -0.25) is 4.40 Å². The number of imidazole rings is 1. The third-order valence-corrected chi connectivity index (χ3v) is 4.82. The van der Waals surface area contributed by atoms with Gasteiger partial charge in [-0.25, -0.2) is 4.98 Å².